The van der Waals surface area contributed by atoms with Gasteiger partial charge in [0, 0.05) is 18.5 Å². The molecule has 0 aromatic rings. The van der Waals surface area contributed by atoms with Gasteiger partial charge in [0.1, 0.15) is 5.25 Å². The molecule has 1 aliphatic rings. The summed E-state index contributed by atoms with van der Waals surface area (Å²) in [7, 11) is 0. The predicted octanol–water partition coefficient (Wildman–Crippen LogP) is 0.701. The number of carbonyl (C=O) groups is 1. The molecule has 1 aliphatic heterocycles. The van der Waals surface area contributed by atoms with Gasteiger partial charge < -0.3 is 15.6 Å². The lowest BCUT2D eigenvalue weighted by atomic mass is 10.2. The molecular formula is C9H17NO3S. The van der Waals surface area contributed by atoms with Crippen LogP contribution in [-0.2, 0) is 9.53 Å². The average molecular weight is 219 g/mol. The third-order valence-corrected chi connectivity index (χ3v) is 3.85. The lowest BCUT2D eigenvalue weighted by Crippen LogP contribution is -2.26. The van der Waals surface area contributed by atoms with Crippen molar-refractivity contribution in [2.75, 3.05) is 19.8 Å². The van der Waals surface area contributed by atoms with E-state index >= 15 is 0 Å². The molecule has 0 saturated carbocycles. The van der Waals surface area contributed by atoms with E-state index in [1.807, 2.05) is 0 Å². The Labute approximate surface area is 88.2 Å². The van der Waals surface area contributed by atoms with Crippen molar-refractivity contribution >= 4 is 17.7 Å². The molecule has 5 heteroatoms. The number of nitrogens with two attached hydrogens (primary N) is 1. The minimum absolute atomic E-state index is 0.344. The Balaban J connectivity index is 2.33. The topological polar surface area (TPSA) is 72.5 Å². The Morgan fingerprint density at radius 1 is 1.57 bits per heavy atom. The molecule has 0 aromatic heterocycles. The number of carboxylic acids is 1. The summed E-state index contributed by atoms with van der Waals surface area (Å²) in [6.45, 7) is 1.95. The van der Waals surface area contributed by atoms with Gasteiger partial charge in [-0.05, 0) is 25.8 Å². The number of hydrogen-bond donors (Lipinski definition) is 2. The fourth-order valence-corrected chi connectivity index (χ4v) is 2.76. The summed E-state index contributed by atoms with van der Waals surface area (Å²) < 4.78 is 5.22. The molecule has 14 heavy (non-hydrogen) atoms. The predicted molar refractivity (Wildman–Crippen MR) is 56.5 cm³/mol. The summed E-state index contributed by atoms with van der Waals surface area (Å²) in [5.74, 6) is -0.744. The Hall–Kier alpha value is -0.260. The van der Waals surface area contributed by atoms with Crippen molar-refractivity contribution in [3.05, 3.63) is 0 Å². The molecule has 1 atom stereocenters. The molecule has 0 spiro atoms. The molecule has 1 saturated heterocycles. The maximum atomic E-state index is 10.9. The number of thioether (sulfide) groups is 1. The van der Waals surface area contributed by atoms with E-state index in [2.05, 4.69) is 0 Å². The Morgan fingerprint density at radius 2 is 2.21 bits per heavy atom. The highest BCUT2D eigenvalue weighted by Gasteiger charge is 2.23. The molecule has 82 valence electrons. The van der Waals surface area contributed by atoms with Crippen molar-refractivity contribution < 1.29 is 14.6 Å². The largest absolute Gasteiger partial charge is 0.480 e. The monoisotopic (exact) mass is 219 g/mol. The van der Waals surface area contributed by atoms with Crippen molar-refractivity contribution in [1.29, 1.82) is 0 Å². The van der Waals surface area contributed by atoms with E-state index in [0.29, 0.717) is 18.2 Å². The molecule has 1 heterocycles. The molecule has 0 bridgehead atoms. The maximum absolute atomic E-state index is 10.9. The van der Waals surface area contributed by atoms with Crippen LogP contribution < -0.4 is 5.73 Å². The van der Waals surface area contributed by atoms with Crippen LogP contribution in [-0.4, -0.2) is 41.3 Å². The normalized spacial score (nSPS) is 20.6. The number of aliphatic carboxylic acids is 1. The molecular weight excluding hydrogens is 202 g/mol. The summed E-state index contributed by atoms with van der Waals surface area (Å²) >= 11 is 1.54. The maximum Gasteiger partial charge on any atom is 0.316 e. The van der Waals surface area contributed by atoms with Crippen LogP contribution in [0.15, 0.2) is 0 Å². The summed E-state index contributed by atoms with van der Waals surface area (Å²) in [4.78, 5) is 10.9. The molecule has 0 amide bonds. The standard InChI is InChI=1S/C9H17NO3S/c10-4-1-8(9(11)12)14-7-2-5-13-6-3-7/h7-8H,1-6,10H2,(H,11,12). The van der Waals surface area contributed by atoms with Gasteiger partial charge in [-0.1, -0.05) is 0 Å². The van der Waals surface area contributed by atoms with Gasteiger partial charge in [0.05, 0.1) is 0 Å². The highest BCUT2D eigenvalue weighted by Crippen LogP contribution is 2.27. The van der Waals surface area contributed by atoms with Crippen molar-refractivity contribution in [3.8, 4) is 0 Å². The van der Waals surface area contributed by atoms with Crippen LogP contribution in [0.5, 0.6) is 0 Å². The third kappa shape index (κ3) is 3.86. The molecule has 1 rings (SSSR count). The van der Waals surface area contributed by atoms with Crippen molar-refractivity contribution in [2.45, 2.75) is 29.8 Å². The summed E-state index contributed by atoms with van der Waals surface area (Å²) in [5, 5.41) is 9.01. The molecule has 3 N–H and O–H groups in total. The van der Waals surface area contributed by atoms with Gasteiger partial charge in [0.15, 0.2) is 0 Å². The minimum Gasteiger partial charge on any atom is -0.480 e. The zero-order chi connectivity index (χ0) is 10.4. The number of hydrogen-bond acceptors (Lipinski definition) is 4. The van der Waals surface area contributed by atoms with E-state index in [0.717, 1.165) is 26.1 Å². The van der Waals surface area contributed by atoms with Gasteiger partial charge >= 0.3 is 5.97 Å². The van der Waals surface area contributed by atoms with Crippen LogP contribution >= 0.6 is 11.8 Å². The molecule has 0 radical (unpaired) electrons. The fourth-order valence-electron chi connectivity index (χ4n) is 1.45. The van der Waals surface area contributed by atoms with Gasteiger partial charge in [-0.2, -0.15) is 0 Å². The van der Waals surface area contributed by atoms with Crippen molar-refractivity contribution in [1.82, 2.24) is 0 Å². The Kier molecular flexibility index (Phi) is 5.29. The number of ether oxygens (including phenoxy) is 1. The van der Waals surface area contributed by atoms with Gasteiger partial charge in [-0.25, -0.2) is 0 Å². The quantitative estimate of drug-likeness (QED) is 0.712. The minimum atomic E-state index is -0.744. The second-order valence-electron chi connectivity index (χ2n) is 3.35. The van der Waals surface area contributed by atoms with E-state index in [9.17, 15) is 4.79 Å². The summed E-state index contributed by atoms with van der Waals surface area (Å²) in [6, 6.07) is 0. The molecule has 0 aliphatic carbocycles. The molecule has 1 unspecified atom stereocenters. The van der Waals surface area contributed by atoms with Gasteiger partial charge in [-0.15, -0.1) is 11.8 Å². The van der Waals surface area contributed by atoms with E-state index in [1.54, 1.807) is 0 Å². The zero-order valence-corrected chi connectivity index (χ0v) is 8.96. The lowest BCUT2D eigenvalue weighted by molar-refractivity contribution is -0.136. The van der Waals surface area contributed by atoms with Gasteiger partial charge in [-0.3, -0.25) is 4.79 Å². The summed E-state index contributed by atoms with van der Waals surface area (Å²) in [6.07, 6.45) is 2.47. The van der Waals surface area contributed by atoms with Gasteiger partial charge in [0.2, 0.25) is 0 Å². The zero-order valence-electron chi connectivity index (χ0n) is 8.15. The summed E-state index contributed by atoms with van der Waals surface area (Å²) in [5.41, 5.74) is 5.37. The van der Waals surface area contributed by atoms with Crippen LogP contribution in [0, 0.1) is 0 Å². The Bertz CT molecular complexity index is 183. The van der Waals surface area contributed by atoms with Crippen molar-refractivity contribution in [2.24, 2.45) is 5.73 Å². The first-order chi connectivity index (χ1) is 6.74. The van der Waals surface area contributed by atoms with Crippen molar-refractivity contribution in [3.63, 3.8) is 0 Å². The first kappa shape index (κ1) is 11.8. The highest BCUT2D eigenvalue weighted by atomic mass is 32.2. The molecule has 4 nitrogen and oxygen atoms in total. The van der Waals surface area contributed by atoms with Crippen LogP contribution in [0.1, 0.15) is 19.3 Å². The van der Waals surface area contributed by atoms with Crippen LogP contribution in [0.25, 0.3) is 0 Å². The molecule has 0 aromatic carbocycles. The number of carboxylic acid groups (broad SMARTS) is 1. The first-order valence-corrected chi connectivity index (χ1v) is 5.84. The lowest BCUT2D eigenvalue weighted by Gasteiger charge is -2.24. The Morgan fingerprint density at radius 3 is 2.71 bits per heavy atom. The smallest absolute Gasteiger partial charge is 0.316 e. The van der Waals surface area contributed by atoms with Crippen LogP contribution in [0.2, 0.25) is 0 Å². The number of rotatable bonds is 5. The van der Waals surface area contributed by atoms with E-state index in [4.69, 9.17) is 15.6 Å². The SMILES string of the molecule is NCCC(SC1CCOCC1)C(=O)O. The molecule has 1 fully saturated rings. The van der Waals surface area contributed by atoms with Gasteiger partial charge in [0.25, 0.3) is 0 Å². The fraction of sp³-hybridized carbons (Fsp3) is 0.889. The third-order valence-electron chi connectivity index (χ3n) is 2.23. The van der Waals surface area contributed by atoms with Crippen LogP contribution in [0.3, 0.4) is 0 Å². The van der Waals surface area contributed by atoms with E-state index < -0.39 is 5.97 Å². The van der Waals surface area contributed by atoms with E-state index in [-0.39, 0.29) is 5.25 Å². The van der Waals surface area contributed by atoms with Crippen LogP contribution in [0.4, 0.5) is 0 Å². The highest BCUT2D eigenvalue weighted by molar-refractivity contribution is 8.01. The van der Waals surface area contributed by atoms with E-state index in [1.165, 1.54) is 11.8 Å². The second kappa shape index (κ2) is 6.27. The average Bonchev–Trinajstić information content (AvgIpc) is 2.18. The second-order valence-corrected chi connectivity index (χ2v) is 4.86. The first-order valence-electron chi connectivity index (χ1n) is 4.90.